The quantitative estimate of drug-likeness (QED) is 0.155. The number of hydrogen-bond acceptors (Lipinski definition) is 8. The highest BCUT2D eigenvalue weighted by molar-refractivity contribution is 6.01. The molecule has 2 aliphatic rings. The molecule has 0 unspecified atom stereocenters. The second-order valence-corrected chi connectivity index (χ2v) is 14.6. The van der Waals surface area contributed by atoms with Crippen LogP contribution in [0.1, 0.15) is 63.5 Å². The number of fused-ring (bicyclic) bond motifs is 2. The summed E-state index contributed by atoms with van der Waals surface area (Å²) in [5.74, 6) is 4.32. The molecule has 0 aliphatic heterocycles. The zero-order chi connectivity index (χ0) is 37.8. The van der Waals surface area contributed by atoms with E-state index in [1.165, 1.54) is 51.4 Å². The Hall–Kier alpha value is -6.72. The number of nitrogens with two attached hydrogens (primary N) is 2. The monoisotopic (exact) mass is 758 g/mol. The number of nitrogen functional groups attached to an aromatic ring is 2. The van der Waals surface area contributed by atoms with Crippen LogP contribution >= 0.6 is 0 Å². The molecule has 0 spiro atoms. The Kier molecular flexibility index (Phi) is 10.8. The molecule has 0 radical (unpaired) electrons. The topological polar surface area (TPSA) is 163 Å². The largest absolute Gasteiger partial charge is 0.457 e. The maximum absolute atomic E-state index is 6.25. The van der Waals surface area contributed by atoms with Crippen LogP contribution < -0.4 is 20.9 Å². The highest BCUT2D eigenvalue weighted by Crippen LogP contribution is 2.41. The molecule has 0 saturated heterocycles. The predicted octanol–water partition coefficient (Wildman–Crippen LogP) is 10.4. The Morgan fingerprint density at radius 2 is 0.807 bits per heavy atom. The van der Waals surface area contributed by atoms with Crippen LogP contribution in [-0.2, 0) is 0 Å². The van der Waals surface area contributed by atoms with Crippen molar-refractivity contribution in [2.45, 2.75) is 63.5 Å². The average molecular weight is 759 g/mol. The van der Waals surface area contributed by atoms with Gasteiger partial charge in [-0.05, 0) is 85.3 Å². The lowest BCUT2D eigenvalue weighted by Gasteiger charge is -2.12. The van der Waals surface area contributed by atoms with Gasteiger partial charge >= 0.3 is 0 Å². The summed E-state index contributed by atoms with van der Waals surface area (Å²) in [5.41, 5.74) is 18.7. The Balaban J connectivity index is 0.000000157. The van der Waals surface area contributed by atoms with Crippen molar-refractivity contribution in [1.82, 2.24) is 29.1 Å². The summed E-state index contributed by atoms with van der Waals surface area (Å²) in [7, 11) is 0. The molecule has 6 N–H and O–H groups in total. The third-order valence-corrected chi connectivity index (χ3v) is 11.0. The normalized spacial score (nSPS) is 14.3. The minimum absolute atomic E-state index is 0. The van der Waals surface area contributed by atoms with Crippen LogP contribution in [0.4, 0.5) is 11.6 Å². The van der Waals surface area contributed by atoms with Gasteiger partial charge in [0.05, 0.1) is 10.8 Å². The van der Waals surface area contributed by atoms with E-state index in [4.69, 9.17) is 20.9 Å². The number of aromatic nitrogens is 6. The summed E-state index contributed by atoms with van der Waals surface area (Å²) in [5, 5.41) is 1.87. The van der Waals surface area contributed by atoms with Gasteiger partial charge < -0.3 is 35.6 Å². The van der Waals surface area contributed by atoms with Crippen molar-refractivity contribution in [2.75, 3.05) is 11.5 Å². The molecule has 57 heavy (non-hydrogen) atoms. The fourth-order valence-corrected chi connectivity index (χ4v) is 8.23. The van der Waals surface area contributed by atoms with Gasteiger partial charge in [0, 0.05) is 35.6 Å². The predicted molar refractivity (Wildman–Crippen MR) is 226 cm³/mol. The van der Waals surface area contributed by atoms with E-state index in [0.29, 0.717) is 23.7 Å². The molecule has 0 bridgehead atoms. The van der Waals surface area contributed by atoms with Gasteiger partial charge in [-0.2, -0.15) is 0 Å². The maximum Gasteiger partial charge on any atom is 0.146 e. The second kappa shape index (κ2) is 16.6. The summed E-state index contributed by atoms with van der Waals surface area (Å²) in [6, 6.07) is 36.8. The van der Waals surface area contributed by atoms with Crippen molar-refractivity contribution < 1.29 is 14.9 Å². The molecule has 288 valence electrons. The number of anilines is 2. The highest BCUT2D eigenvalue weighted by Gasteiger charge is 2.24. The average Bonchev–Trinajstić information content (AvgIpc) is 4.07. The van der Waals surface area contributed by atoms with Crippen LogP contribution in [0.2, 0.25) is 0 Å². The van der Waals surface area contributed by atoms with Gasteiger partial charge in [0.1, 0.15) is 58.6 Å². The zero-order valence-electron chi connectivity index (χ0n) is 31.7. The fourth-order valence-electron chi connectivity index (χ4n) is 8.23. The van der Waals surface area contributed by atoms with E-state index in [1.54, 1.807) is 12.7 Å². The molecular formula is C46H46N8O3. The summed E-state index contributed by atoms with van der Waals surface area (Å²) in [6.45, 7) is 0. The molecular weight excluding hydrogens is 713 g/mol. The van der Waals surface area contributed by atoms with Crippen LogP contribution in [0.25, 0.3) is 44.3 Å². The summed E-state index contributed by atoms with van der Waals surface area (Å²) >= 11 is 0. The highest BCUT2D eigenvalue weighted by atomic mass is 16.5. The molecule has 2 fully saturated rings. The standard InChI is InChI=1S/2C23H22N4O.H2O/c2*24-22-21-20(14-27(17-6-4-5-7-17)23(21)26-15-25-22)16-10-12-19(13-11-16)28-18-8-2-1-3-9-18;/h2*1-3,8-15,17H,4-7H2,(H2,24,25,26);1H2. The van der Waals surface area contributed by atoms with Gasteiger partial charge in [-0.15, -0.1) is 0 Å². The van der Waals surface area contributed by atoms with Crippen molar-refractivity contribution in [3.63, 3.8) is 0 Å². The van der Waals surface area contributed by atoms with Gasteiger partial charge in [0.15, 0.2) is 0 Å². The van der Waals surface area contributed by atoms with E-state index < -0.39 is 0 Å². The zero-order valence-corrected chi connectivity index (χ0v) is 31.7. The lowest BCUT2D eigenvalue weighted by molar-refractivity contribution is 0.482. The molecule has 4 aromatic carbocycles. The van der Waals surface area contributed by atoms with Crippen LogP contribution in [0, 0.1) is 0 Å². The maximum atomic E-state index is 6.25. The van der Waals surface area contributed by atoms with Crippen LogP contribution in [0.15, 0.2) is 134 Å². The molecule has 0 atom stereocenters. The Labute approximate surface area is 331 Å². The molecule has 11 heteroatoms. The van der Waals surface area contributed by atoms with Gasteiger partial charge in [-0.1, -0.05) is 86.3 Å². The van der Waals surface area contributed by atoms with E-state index in [9.17, 15) is 0 Å². The van der Waals surface area contributed by atoms with Crippen LogP contribution in [0.3, 0.4) is 0 Å². The van der Waals surface area contributed by atoms with Gasteiger partial charge in [0.25, 0.3) is 0 Å². The lowest BCUT2D eigenvalue weighted by Crippen LogP contribution is -2.04. The second-order valence-electron chi connectivity index (χ2n) is 14.6. The number of hydrogen-bond donors (Lipinski definition) is 2. The molecule has 8 aromatic rings. The molecule has 2 aliphatic carbocycles. The molecule has 11 nitrogen and oxygen atoms in total. The van der Waals surface area contributed by atoms with E-state index in [2.05, 4.69) is 65.7 Å². The van der Waals surface area contributed by atoms with E-state index in [-0.39, 0.29) is 5.48 Å². The third kappa shape index (κ3) is 7.74. The van der Waals surface area contributed by atoms with Crippen molar-refractivity contribution >= 4 is 33.7 Å². The van der Waals surface area contributed by atoms with E-state index in [0.717, 1.165) is 67.3 Å². The molecule has 0 amide bonds. The summed E-state index contributed by atoms with van der Waals surface area (Å²) in [4.78, 5) is 17.6. The van der Waals surface area contributed by atoms with Crippen molar-refractivity contribution in [3.05, 3.63) is 134 Å². The Morgan fingerprint density at radius 1 is 0.456 bits per heavy atom. The van der Waals surface area contributed by atoms with Crippen LogP contribution in [0.5, 0.6) is 23.0 Å². The first-order valence-corrected chi connectivity index (χ1v) is 19.5. The lowest BCUT2D eigenvalue weighted by atomic mass is 10.1. The summed E-state index contributed by atoms with van der Waals surface area (Å²) < 4.78 is 16.4. The van der Waals surface area contributed by atoms with Crippen LogP contribution in [-0.4, -0.2) is 34.5 Å². The van der Waals surface area contributed by atoms with Gasteiger partial charge in [-0.25, -0.2) is 19.9 Å². The molecule has 4 heterocycles. The number of benzene rings is 4. The SMILES string of the molecule is Nc1ncnc2c1c(-c1ccc(Oc3ccccc3)cc1)cn2C1CCCC1.Nc1ncnc2c1c(-c1ccc(Oc3ccccc3)cc1)cn2C1CCCC1.O. The first-order valence-electron chi connectivity index (χ1n) is 19.5. The Morgan fingerprint density at radius 3 is 1.18 bits per heavy atom. The third-order valence-electron chi connectivity index (χ3n) is 11.0. The van der Waals surface area contributed by atoms with E-state index >= 15 is 0 Å². The smallest absolute Gasteiger partial charge is 0.146 e. The van der Waals surface area contributed by atoms with Gasteiger partial charge in [-0.3, -0.25) is 0 Å². The van der Waals surface area contributed by atoms with Gasteiger partial charge in [0.2, 0.25) is 0 Å². The fraction of sp³-hybridized carbons (Fsp3) is 0.217. The van der Waals surface area contributed by atoms with Crippen molar-refractivity contribution in [1.29, 1.82) is 0 Å². The van der Waals surface area contributed by atoms with Crippen molar-refractivity contribution in [2.24, 2.45) is 0 Å². The van der Waals surface area contributed by atoms with E-state index in [1.807, 2.05) is 84.9 Å². The first-order chi connectivity index (χ1) is 27.6. The number of para-hydroxylation sites is 2. The molecule has 10 rings (SSSR count). The Bertz CT molecular complexity index is 2380. The summed E-state index contributed by atoms with van der Waals surface area (Å²) in [6.07, 6.45) is 17.3. The number of nitrogens with zero attached hydrogens (tertiary/aromatic N) is 6. The molecule has 4 aromatic heterocycles. The van der Waals surface area contributed by atoms with Crippen molar-refractivity contribution in [3.8, 4) is 45.3 Å². The molecule has 2 saturated carbocycles. The minimum atomic E-state index is 0. The number of rotatable bonds is 8. The number of ether oxygens (including phenoxy) is 2. The minimum Gasteiger partial charge on any atom is -0.457 e. The first kappa shape index (κ1) is 37.2.